The first-order valence-corrected chi connectivity index (χ1v) is 16.3. The van der Waals surface area contributed by atoms with Crippen molar-refractivity contribution in [2.45, 2.75) is 18.6 Å². The fourth-order valence-electron chi connectivity index (χ4n) is 2.14. The van der Waals surface area contributed by atoms with Crippen LogP contribution in [0.1, 0.15) is 0 Å². The van der Waals surface area contributed by atoms with Crippen LogP contribution in [0.15, 0.2) is 84.9 Å². The van der Waals surface area contributed by atoms with Gasteiger partial charge >= 0.3 is 57.5 Å². The van der Waals surface area contributed by atoms with Crippen molar-refractivity contribution in [3.63, 3.8) is 0 Å². The van der Waals surface area contributed by atoms with Gasteiger partial charge in [0.15, 0.2) is 0 Å². The molecule has 4 aromatic carbocycles. The molecule has 0 saturated carbocycles. The van der Waals surface area contributed by atoms with Gasteiger partial charge in [-0.05, 0) is 0 Å². The smallest absolute Gasteiger partial charge is 0.279 e. The van der Waals surface area contributed by atoms with Crippen molar-refractivity contribution in [1.82, 2.24) is 0 Å². The molecule has 0 heterocycles. The Kier molecular flexibility index (Phi) is 10.9. The van der Waals surface area contributed by atoms with Crippen LogP contribution in [0.2, 0.25) is 13.1 Å². The van der Waals surface area contributed by atoms with Gasteiger partial charge in [0.05, 0.1) is 0 Å². The zero-order valence-corrected chi connectivity index (χ0v) is 20.7. The third kappa shape index (κ3) is 9.98. The number of fused-ring (bicyclic) bond motifs is 2. The van der Waals surface area contributed by atoms with E-state index in [1.54, 1.807) is 23.3 Å². The van der Waals surface area contributed by atoms with Crippen molar-refractivity contribution in [1.29, 1.82) is 0 Å². The Bertz CT molecular complexity index is 1030. The predicted molar refractivity (Wildman–Crippen MR) is 114 cm³/mol. The second-order valence-corrected chi connectivity index (χ2v) is 17.0. The van der Waals surface area contributed by atoms with Gasteiger partial charge in [0, 0.05) is 0 Å². The van der Waals surface area contributed by atoms with Crippen LogP contribution in [0, 0.1) is 0 Å². The molecule has 0 aliphatic carbocycles. The average molecular weight is 530 g/mol. The van der Waals surface area contributed by atoms with Gasteiger partial charge in [-0.1, -0.05) is 12.1 Å². The zero-order valence-electron chi connectivity index (χ0n) is 16.4. The summed E-state index contributed by atoms with van der Waals surface area (Å²) in [6, 6.07) is 29.3. The van der Waals surface area contributed by atoms with Crippen molar-refractivity contribution < 1.29 is 49.5 Å². The first kappa shape index (κ1) is 26.5. The molecule has 0 aliphatic rings. The largest absolute Gasteiger partial charge is 0.522 e. The van der Waals surface area contributed by atoms with Crippen LogP contribution >= 0.6 is 0 Å². The molecule has 158 valence electrons. The monoisotopic (exact) mass is 528 g/mol. The Morgan fingerprint density at radius 3 is 1.40 bits per heavy atom. The van der Waals surface area contributed by atoms with Crippen molar-refractivity contribution in [2.24, 2.45) is 0 Å². The van der Waals surface area contributed by atoms with Crippen LogP contribution < -0.4 is 0 Å². The Labute approximate surface area is 189 Å². The Hall–Kier alpha value is -1.54. The maximum absolute atomic E-state index is 10.7. The quantitative estimate of drug-likeness (QED) is 0.126. The maximum Gasteiger partial charge on any atom is 0.522 e. The number of alkyl halides is 3. The zero-order chi connectivity index (χ0) is 22.8. The molecular weight excluding hydrogens is 509 g/mol. The van der Waals surface area contributed by atoms with Crippen LogP contribution in [0.5, 0.6) is 0 Å². The average Bonchev–Trinajstić information content (AvgIpc) is 3.30. The molecule has 9 heteroatoms. The Morgan fingerprint density at radius 1 is 0.833 bits per heavy atom. The third-order valence-electron chi connectivity index (χ3n) is 3.39. The number of hydrogen-bond donors (Lipinski definition) is 1. The van der Waals surface area contributed by atoms with E-state index >= 15 is 0 Å². The summed E-state index contributed by atoms with van der Waals surface area (Å²) in [5.41, 5.74) is -5.32. The number of halogens is 3. The SMILES string of the molecule is C[Si](C)=[Zr+2].O=S(=O)(O)C(F)(F)F.c1ccc2[cH-]ccc2c1.c1ccc2[cH-]ccc2c1. The Morgan fingerprint density at radius 2 is 1.13 bits per heavy atom. The molecule has 0 amide bonds. The molecule has 0 saturated heterocycles. The second kappa shape index (κ2) is 12.3. The van der Waals surface area contributed by atoms with Crippen molar-refractivity contribution >= 4 is 37.1 Å². The summed E-state index contributed by atoms with van der Waals surface area (Å²) in [5.74, 6) is 0. The van der Waals surface area contributed by atoms with E-state index in [9.17, 15) is 13.2 Å². The molecule has 3 nitrogen and oxygen atoms in total. The minimum absolute atomic E-state index is 0.210. The summed E-state index contributed by atoms with van der Waals surface area (Å²) in [4.78, 5) is 0. The molecule has 0 bridgehead atoms. The molecule has 0 aliphatic heterocycles. The summed E-state index contributed by atoms with van der Waals surface area (Å²) in [6.07, 6.45) is 0. The summed E-state index contributed by atoms with van der Waals surface area (Å²) in [6.45, 7) is 4.62. The van der Waals surface area contributed by atoms with Gasteiger partial charge in [-0.25, -0.2) is 0 Å². The van der Waals surface area contributed by atoms with Crippen LogP contribution in [0.25, 0.3) is 21.5 Å². The van der Waals surface area contributed by atoms with E-state index in [0.717, 1.165) is 0 Å². The van der Waals surface area contributed by atoms with Crippen LogP contribution in [-0.2, 0) is 33.5 Å². The molecule has 30 heavy (non-hydrogen) atoms. The predicted octanol–water partition coefficient (Wildman–Crippen LogP) is 6.30. The first-order valence-electron chi connectivity index (χ1n) is 8.68. The van der Waals surface area contributed by atoms with E-state index < -0.39 is 15.6 Å². The number of hydrogen-bond acceptors (Lipinski definition) is 2. The van der Waals surface area contributed by atoms with Gasteiger partial charge in [-0.3, -0.25) is 4.55 Å². The third-order valence-corrected chi connectivity index (χ3v) is 3.97. The molecular formula is C21H21F3O3SSiZr. The van der Waals surface area contributed by atoms with Gasteiger partial charge in [-0.2, -0.15) is 56.6 Å². The van der Waals surface area contributed by atoms with E-state index in [1.807, 2.05) is 0 Å². The molecule has 0 aromatic heterocycles. The molecule has 4 aromatic rings. The molecule has 0 spiro atoms. The summed E-state index contributed by atoms with van der Waals surface area (Å²) >= 11 is 1.74. The van der Waals surface area contributed by atoms with Gasteiger partial charge in [-0.15, -0.1) is 59.3 Å². The molecule has 0 radical (unpaired) electrons. The van der Waals surface area contributed by atoms with E-state index in [4.69, 9.17) is 13.0 Å². The van der Waals surface area contributed by atoms with Crippen LogP contribution in [-0.4, -0.2) is 23.9 Å². The topological polar surface area (TPSA) is 54.4 Å². The number of benzene rings is 2. The minimum Gasteiger partial charge on any atom is -0.279 e. The maximum atomic E-state index is 10.7. The van der Waals surface area contributed by atoms with Crippen molar-refractivity contribution in [3.8, 4) is 0 Å². The van der Waals surface area contributed by atoms with E-state index in [0.29, 0.717) is 0 Å². The summed E-state index contributed by atoms with van der Waals surface area (Å²) in [5, 5.41) is 5.32. The second-order valence-electron chi connectivity index (χ2n) is 6.23. The Balaban J connectivity index is 0.000000208. The first-order chi connectivity index (χ1) is 13.9. The normalized spacial score (nSPS) is 10.8. The van der Waals surface area contributed by atoms with E-state index in [1.165, 1.54) is 21.5 Å². The van der Waals surface area contributed by atoms with Crippen molar-refractivity contribution in [3.05, 3.63) is 84.9 Å². The molecule has 0 fully saturated rings. The summed E-state index contributed by atoms with van der Waals surface area (Å²) < 4.78 is 57.5. The standard InChI is InChI=1S/2C9H7.C2H6Si.CHF3O3S.Zr/c2*1-2-5-9-7-3-6-8(9)4-1;1-3-2;2-1(3,4)8(5,6)7;/h2*1-7H;1-2H3;(H,5,6,7);/q2*-1;;;+2. The number of rotatable bonds is 0. The molecule has 0 unspecified atom stereocenters. The fraction of sp³-hybridized carbons (Fsp3) is 0.143. The van der Waals surface area contributed by atoms with Gasteiger partial charge in [0.25, 0.3) is 0 Å². The molecule has 1 N–H and O–H groups in total. The minimum atomic E-state index is -5.84. The van der Waals surface area contributed by atoms with Gasteiger partial charge in [0.1, 0.15) is 0 Å². The van der Waals surface area contributed by atoms with E-state index in [-0.39, 0.29) is 5.43 Å². The van der Waals surface area contributed by atoms with E-state index in [2.05, 4.69) is 98.0 Å². The van der Waals surface area contributed by atoms with Crippen molar-refractivity contribution in [2.75, 3.05) is 0 Å². The van der Waals surface area contributed by atoms with Crippen LogP contribution in [0.3, 0.4) is 0 Å². The van der Waals surface area contributed by atoms with Gasteiger partial charge in [0.2, 0.25) is 0 Å². The molecule has 4 rings (SSSR count). The van der Waals surface area contributed by atoms with Crippen LogP contribution in [0.4, 0.5) is 13.2 Å². The fourth-order valence-corrected chi connectivity index (χ4v) is 2.14. The van der Waals surface area contributed by atoms with Gasteiger partial charge < -0.3 is 0 Å². The molecule has 0 atom stereocenters. The summed E-state index contributed by atoms with van der Waals surface area (Å²) in [7, 11) is -5.84.